The van der Waals surface area contributed by atoms with Crippen LogP contribution < -0.4 is 15.4 Å². The van der Waals surface area contributed by atoms with E-state index in [9.17, 15) is 10.1 Å². The molecule has 6 heteroatoms. The predicted molar refractivity (Wildman–Crippen MR) is 69.1 cm³/mol. The van der Waals surface area contributed by atoms with Crippen LogP contribution in [0.15, 0.2) is 18.2 Å². The first kappa shape index (κ1) is 12.6. The molecule has 2 rings (SSSR count). The molecule has 1 saturated heterocycles. The van der Waals surface area contributed by atoms with Crippen molar-refractivity contribution in [1.82, 2.24) is 5.32 Å². The number of nitro benzene ring substituents is 1. The highest BCUT2D eigenvalue weighted by molar-refractivity contribution is 5.64. The summed E-state index contributed by atoms with van der Waals surface area (Å²) in [5, 5.41) is 17.3. The lowest BCUT2D eigenvalue weighted by Gasteiger charge is -2.12. The minimum Gasteiger partial charge on any atom is -0.497 e. The zero-order valence-corrected chi connectivity index (χ0v) is 10.3. The first-order valence-electron chi connectivity index (χ1n) is 5.97. The predicted octanol–water partition coefficient (Wildman–Crippen LogP) is 1.62. The van der Waals surface area contributed by atoms with Gasteiger partial charge in [0.15, 0.2) is 0 Å². The van der Waals surface area contributed by atoms with Gasteiger partial charge >= 0.3 is 0 Å². The van der Waals surface area contributed by atoms with E-state index in [4.69, 9.17) is 4.74 Å². The maximum atomic E-state index is 10.9. The number of rotatable bonds is 5. The molecule has 0 aliphatic carbocycles. The maximum Gasteiger partial charge on any atom is 0.292 e. The summed E-state index contributed by atoms with van der Waals surface area (Å²) in [5.74, 6) is 1.14. The van der Waals surface area contributed by atoms with Crippen LogP contribution in [-0.4, -0.2) is 31.7 Å². The summed E-state index contributed by atoms with van der Waals surface area (Å²) in [6.07, 6.45) is 1.10. The third-order valence-corrected chi connectivity index (χ3v) is 3.14. The maximum absolute atomic E-state index is 10.9. The second kappa shape index (κ2) is 5.68. The molecule has 18 heavy (non-hydrogen) atoms. The molecule has 0 bridgehead atoms. The summed E-state index contributed by atoms with van der Waals surface area (Å²) < 4.78 is 5.09. The summed E-state index contributed by atoms with van der Waals surface area (Å²) in [4.78, 5) is 10.5. The third-order valence-electron chi connectivity index (χ3n) is 3.14. The molecule has 1 aliphatic rings. The Balaban J connectivity index is 2.10. The van der Waals surface area contributed by atoms with Crippen LogP contribution in [0.4, 0.5) is 11.4 Å². The van der Waals surface area contributed by atoms with Gasteiger partial charge in [0, 0.05) is 18.7 Å². The van der Waals surface area contributed by atoms with Gasteiger partial charge in [-0.3, -0.25) is 10.1 Å². The highest BCUT2D eigenvalue weighted by Crippen LogP contribution is 2.29. The van der Waals surface area contributed by atoms with Crippen molar-refractivity contribution in [3.8, 4) is 5.75 Å². The van der Waals surface area contributed by atoms with E-state index in [0.717, 1.165) is 26.1 Å². The Hall–Kier alpha value is -1.82. The molecule has 1 heterocycles. The first-order valence-corrected chi connectivity index (χ1v) is 5.97. The van der Waals surface area contributed by atoms with Gasteiger partial charge in [-0.25, -0.2) is 0 Å². The first-order chi connectivity index (χ1) is 8.70. The van der Waals surface area contributed by atoms with Crippen molar-refractivity contribution in [2.75, 3.05) is 32.1 Å². The Morgan fingerprint density at radius 3 is 3.06 bits per heavy atom. The van der Waals surface area contributed by atoms with E-state index in [1.165, 1.54) is 6.07 Å². The molecule has 0 amide bonds. The minimum absolute atomic E-state index is 0.0850. The molecule has 0 spiro atoms. The Morgan fingerprint density at radius 1 is 1.61 bits per heavy atom. The van der Waals surface area contributed by atoms with Gasteiger partial charge in [-0.1, -0.05) is 0 Å². The van der Waals surface area contributed by atoms with Gasteiger partial charge in [-0.15, -0.1) is 0 Å². The van der Waals surface area contributed by atoms with E-state index >= 15 is 0 Å². The number of hydrogen-bond acceptors (Lipinski definition) is 5. The van der Waals surface area contributed by atoms with Crippen LogP contribution >= 0.6 is 0 Å². The van der Waals surface area contributed by atoms with Gasteiger partial charge in [0.05, 0.1) is 12.0 Å². The number of hydrogen-bond donors (Lipinski definition) is 2. The molecule has 0 radical (unpaired) electrons. The van der Waals surface area contributed by atoms with Crippen LogP contribution in [-0.2, 0) is 0 Å². The molecule has 1 aromatic carbocycles. The second-order valence-electron chi connectivity index (χ2n) is 4.38. The van der Waals surface area contributed by atoms with Crippen LogP contribution in [0, 0.1) is 16.0 Å². The van der Waals surface area contributed by atoms with Crippen LogP contribution in [0.5, 0.6) is 5.75 Å². The number of anilines is 1. The molecule has 2 N–H and O–H groups in total. The molecule has 1 unspecified atom stereocenters. The van der Waals surface area contributed by atoms with Crippen molar-refractivity contribution < 1.29 is 9.66 Å². The molecule has 0 saturated carbocycles. The molecule has 1 atom stereocenters. The number of nitrogens with one attached hydrogen (secondary N) is 2. The van der Waals surface area contributed by atoms with Crippen LogP contribution in [0.1, 0.15) is 6.42 Å². The molecular formula is C12H17N3O3. The summed E-state index contributed by atoms with van der Waals surface area (Å²) in [6.45, 7) is 2.72. The standard InChI is InChI=1S/C12H17N3O3/c1-18-10-2-3-12(15(16)17)11(6-10)14-8-9-4-5-13-7-9/h2-3,6,9,13-14H,4-5,7-8H2,1H3. The highest BCUT2D eigenvalue weighted by atomic mass is 16.6. The Labute approximate surface area is 105 Å². The lowest BCUT2D eigenvalue weighted by molar-refractivity contribution is -0.384. The van der Waals surface area contributed by atoms with E-state index in [2.05, 4.69) is 10.6 Å². The van der Waals surface area contributed by atoms with Gasteiger partial charge in [0.2, 0.25) is 0 Å². The van der Waals surface area contributed by atoms with Gasteiger partial charge in [-0.05, 0) is 31.5 Å². The number of methoxy groups -OCH3 is 1. The Kier molecular flexibility index (Phi) is 3.99. The SMILES string of the molecule is COc1ccc([N+](=O)[O-])c(NCC2CCNC2)c1. The van der Waals surface area contributed by atoms with Crippen molar-refractivity contribution >= 4 is 11.4 Å². The topological polar surface area (TPSA) is 76.4 Å². The van der Waals surface area contributed by atoms with E-state index < -0.39 is 0 Å². The molecule has 1 fully saturated rings. The molecule has 0 aromatic heterocycles. The molecule has 98 valence electrons. The zero-order valence-electron chi connectivity index (χ0n) is 10.3. The third kappa shape index (κ3) is 2.89. The minimum atomic E-state index is -0.380. The fourth-order valence-electron chi connectivity index (χ4n) is 2.09. The Morgan fingerprint density at radius 2 is 2.44 bits per heavy atom. The number of benzene rings is 1. The van der Waals surface area contributed by atoms with E-state index in [1.54, 1.807) is 19.2 Å². The molecule has 1 aliphatic heterocycles. The van der Waals surface area contributed by atoms with Crippen molar-refractivity contribution in [1.29, 1.82) is 0 Å². The monoisotopic (exact) mass is 251 g/mol. The lowest BCUT2D eigenvalue weighted by atomic mass is 10.1. The van der Waals surface area contributed by atoms with E-state index in [-0.39, 0.29) is 10.6 Å². The van der Waals surface area contributed by atoms with Gasteiger partial charge in [-0.2, -0.15) is 0 Å². The number of nitrogens with zero attached hydrogens (tertiary/aromatic N) is 1. The molecule has 1 aromatic rings. The largest absolute Gasteiger partial charge is 0.497 e. The van der Waals surface area contributed by atoms with Crippen molar-refractivity contribution in [3.63, 3.8) is 0 Å². The van der Waals surface area contributed by atoms with E-state index in [1.807, 2.05) is 0 Å². The quantitative estimate of drug-likeness (QED) is 0.614. The number of nitro groups is 1. The van der Waals surface area contributed by atoms with E-state index in [0.29, 0.717) is 17.4 Å². The summed E-state index contributed by atoms with van der Waals surface area (Å²) in [7, 11) is 1.55. The smallest absolute Gasteiger partial charge is 0.292 e. The fraction of sp³-hybridized carbons (Fsp3) is 0.500. The fourth-order valence-corrected chi connectivity index (χ4v) is 2.09. The molecule has 6 nitrogen and oxygen atoms in total. The van der Waals surface area contributed by atoms with Crippen molar-refractivity contribution in [2.24, 2.45) is 5.92 Å². The summed E-state index contributed by atoms with van der Waals surface area (Å²) >= 11 is 0. The lowest BCUT2D eigenvalue weighted by Crippen LogP contribution is -2.17. The van der Waals surface area contributed by atoms with Gasteiger partial charge < -0.3 is 15.4 Å². The van der Waals surface area contributed by atoms with Gasteiger partial charge in [0.1, 0.15) is 11.4 Å². The second-order valence-corrected chi connectivity index (χ2v) is 4.38. The summed E-state index contributed by atoms with van der Waals surface area (Å²) in [6, 6.07) is 4.73. The summed E-state index contributed by atoms with van der Waals surface area (Å²) in [5.41, 5.74) is 0.605. The molecular weight excluding hydrogens is 234 g/mol. The Bertz CT molecular complexity index is 431. The van der Waals surface area contributed by atoms with Crippen LogP contribution in [0.25, 0.3) is 0 Å². The normalized spacial score (nSPS) is 18.6. The highest BCUT2D eigenvalue weighted by Gasteiger charge is 2.18. The average Bonchev–Trinajstić information content (AvgIpc) is 2.88. The van der Waals surface area contributed by atoms with Crippen LogP contribution in [0.3, 0.4) is 0 Å². The van der Waals surface area contributed by atoms with Crippen molar-refractivity contribution in [3.05, 3.63) is 28.3 Å². The zero-order chi connectivity index (χ0) is 13.0. The van der Waals surface area contributed by atoms with Crippen molar-refractivity contribution in [2.45, 2.75) is 6.42 Å². The van der Waals surface area contributed by atoms with Gasteiger partial charge in [0.25, 0.3) is 5.69 Å². The van der Waals surface area contributed by atoms with Crippen LogP contribution in [0.2, 0.25) is 0 Å². The average molecular weight is 251 g/mol. The number of ether oxygens (including phenoxy) is 1.